The molecule has 0 saturated heterocycles. The molecule has 5 nitrogen and oxygen atoms in total. The van der Waals surface area contributed by atoms with E-state index in [9.17, 15) is 9.90 Å². The van der Waals surface area contributed by atoms with Gasteiger partial charge in [0.1, 0.15) is 11.5 Å². The van der Waals surface area contributed by atoms with E-state index in [0.717, 1.165) is 0 Å². The van der Waals surface area contributed by atoms with Crippen LogP contribution in [0, 0.1) is 0 Å². The molecule has 0 fully saturated rings. The molecule has 4 N–H and O–H groups in total. The van der Waals surface area contributed by atoms with E-state index >= 15 is 0 Å². The smallest absolute Gasteiger partial charge is 0.255 e. The predicted molar refractivity (Wildman–Crippen MR) is 65.2 cm³/mol. The average Bonchev–Trinajstić information content (AvgIpc) is 2.34. The van der Waals surface area contributed by atoms with Gasteiger partial charge >= 0.3 is 0 Å². The number of carbonyl (C=O) groups is 1. The lowest BCUT2D eigenvalue weighted by Crippen LogP contribution is -2.23. The highest BCUT2D eigenvalue weighted by Gasteiger charge is 2.10. The number of hydrogen-bond donors (Lipinski definition) is 3. The van der Waals surface area contributed by atoms with E-state index < -0.39 is 0 Å². The van der Waals surface area contributed by atoms with Crippen LogP contribution in [0.25, 0.3) is 0 Å². The quantitative estimate of drug-likeness (QED) is 0.655. The van der Waals surface area contributed by atoms with Gasteiger partial charge in [-0.1, -0.05) is 12.2 Å². The Hall–Kier alpha value is -2.01. The minimum atomic E-state index is -0.341. The van der Waals surface area contributed by atoms with Crippen molar-refractivity contribution in [2.75, 3.05) is 20.2 Å². The number of rotatable bonds is 5. The Balaban J connectivity index is 2.66. The highest BCUT2D eigenvalue weighted by atomic mass is 16.5. The van der Waals surface area contributed by atoms with Crippen molar-refractivity contribution in [1.29, 1.82) is 0 Å². The number of methoxy groups -OCH3 is 1. The fourth-order valence-corrected chi connectivity index (χ4v) is 1.26. The molecule has 5 heteroatoms. The van der Waals surface area contributed by atoms with Crippen LogP contribution in [0.1, 0.15) is 10.4 Å². The van der Waals surface area contributed by atoms with Crippen LogP contribution in [0.3, 0.4) is 0 Å². The van der Waals surface area contributed by atoms with Crippen LogP contribution in [0.5, 0.6) is 11.5 Å². The van der Waals surface area contributed by atoms with Crippen LogP contribution in [0.15, 0.2) is 30.4 Å². The molecule has 0 heterocycles. The molecular weight excluding hydrogens is 220 g/mol. The number of nitrogens with two attached hydrogens (primary N) is 1. The second-order valence-electron chi connectivity index (χ2n) is 3.30. The van der Waals surface area contributed by atoms with Crippen molar-refractivity contribution in [3.63, 3.8) is 0 Å². The summed E-state index contributed by atoms with van der Waals surface area (Å²) in [5.74, 6) is 0.0542. The summed E-state index contributed by atoms with van der Waals surface area (Å²) in [5, 5.41) is 12.2. The molecule has 1 rings (SSSR count). The monoisotopic (exact) mass is 236 g/mol. The van der Waals surface area contributed by atoms with Gasteiger partial charge in [-0.05, 0) is 12.1 Å². The lowest BCUT2D eigenvalue weighted by molar-refractivity contribution is 0.0955. The summed E-state index contributed by atoms with van der Waals surface area (Å²) in [6, 6.07) is 4.52. The molecule has 1 aromatic carbocycles. The molecule has 0 aliphatic carbocycles. The van der Waals surface area contributed by atoms with Crippen molar-refractivity contribution < 1.29 is 14.6 Å². The number of benzene rings is 1. The molecular formula is C12H16N2O3. The Kier molecular flexibility index (Phi) is 5.03. The normalized spacial score (nSPS) is 10.5. The van der Waals surface area contributed by atoms with Crippen LogP contribution in [0.4, 0.5) is 0 Å². The Morgan fingerprint density at radius 2 is 2.29 bits per heavy atom. The summed E-state index contributed by atoms with van der Waals surface area (Å²) in [6.07, 6.45) is 3.49. The van der Waals surface area contributed by atoms with Gasteiger partial charge in [-0.2, -0.15) is 0 Å². The first-order valence-corrected chi connectivity index (χ1v) is 5.19. The lowest BCUT2D eigenvalue weighted by Gasteiger charge is -2.06. The molecule has 17 heavy (non-hydrogen) atoms. The third-order valence-electron chi connectivity index (χ3n) is 2.13. The Morgan fingerprint density at radius 3 is 2.88 bits per heavy atom. The number of phenols is 1. The molecule has 0 bridgehead atoms. The number of carbonyl (C=O) groups excluding carboxylic acids is 1. The zero-order chi connectivity index (χ0) is 12.7. The Labute approximate surface area is 99.9 Å². The SMILES string of the molecule is COc1ccc(C(=O)NC/C=C/CN)c(O)c1. The number of amides is 1. The number of phenolic OH excluding ortho intramolecular Hbond substituents is 1. The first-order chi connectivity index (χ1) is 8.19. The summed E-state index contributed by atoms with van der Waals surface area (Å²) < 4.78 is 4.93. The highest BCUT2D eigenvalue weighted by molar-refractivity contribution is 5.97. The second-order valence-corrected chi connectivity index (χ2v) is 3.30. The number of hydrogen-bond acceptors (Lipinski definition) is 4. The fraction of sp³-hybridized carbons (Fsp3) is 0.250. The summed E-state index contributed by atoms with van der Waals surface area (Å²) >= 11 is 0. The van der Waals surface area contributed by atoms with Crippen LogP contribution in [-0.2, 0) is 0 Å². The van der Waals surface area contributed by atoms with Gasteiger partial charge < -0.3 is 20.9 Å². The van der Waals surface area contributed by atoms with Gasteiger partial charge in [0.15, 0.2) is 0 Å². The van der Waals surface area contributed by atoms with E-state index in [-0.39, 0.29) is 17.2 Å². The number of aromatic hydroxyl groups is 1. The first kappa shape index (κ1) is 13.1. The highest BCUT2D eigenvalue weighted by Crippen LogP contribution is 2.22. The maximum atomic E-state index is 11.7. The van der Waals surface area contributed by atoms with Crippen LogP contribution < -0.4 is 15.8 Å². The molecule has 0 unspecified atom stereocenters. The van der Waals surface area contributed by atoms with Gasteiger partial charge in [-0.15, -0.1) is 0 Å². The van der Waals surface area contributed by atoms with E-state index in [4.69, 9.17) is 10.5 Å². The maximum Gasteiger partial charge on any atom is 0.255 e. The standard InChI is InChI=1S/C12H16N2O3/c1-17-9-4-5-10(11(15)8-9)12(16)14-7-3-2-6-13/h2-5,8,15H,6-7,13H2,1H3,(H,14,16)/b3-2+. The first-order valence-electron chi connectivity index (χ1n) is 5.19. The minimum absolute atomic E-state index is 0.107. The third kappa shape index (κ3) is 3.81. The zero-order valence-electron chi connectivity index (χ0n) is 9.64. The molecule has 0 aliphatic rings. The van der Waals surface area contributed by atoms with Gasteiger partial charge in [0.05, 0.1) is 12.7 Å². The number of ether oxygens (including phenoxy) is 1. The molecule has 92 valence electrons. The zero-order valence-corrected chi connectivity index (χ0v) is 9.64. The maximum absolute atomic E-state index is 11.7. The minimum Gasteiger partial charge on any atom is -0.507 e. The van der Waals surface area contributed by atoms with E-state index in [1.165, 1.54) is 19.2 Å². The van der Waals surface area contributed by atoms with Crippen LogP contribution in [0.2, 0.25) is 0 Å². The van der Waals surface area contributed by atoms with E-state index in [1.54, 1.807) is 18.2 Å². The lowest BCUT2D eigenvalue weighted by atomic mass is 10.2. The topological polar surface area (TPSA) is 84.6 Å². The van der Waals surface area contributed by atoms with Crippen molar-refractivity contribution in [2.24, 2.45) is 5.73 Å². The van der Waals surface area contributed by atoms with Crippen molar-refractivity contribution in [2.45, 2.75) is 0 Å². The predicted octanol–water partition coefficient (Wildman–Crippen LogP) is 0.646. The molecule has 0 aromatic heterocycles. The molecule has 1 aromatic rings. The van der Waals surface area contributed by atoms with Crippen LogP contribution in [-0.4, -0.2) is 31.2 Å². The fourth-order valence-electron chi connectivity index (χ4n) is 1.26. The average molecular weight is 236 g/mol. The molecule has 0 atom stereocenters. The van der Waals surface area contributed by atoms with Gasteiger partial charge in [0.2, 0.25) is 0 Å². The van der Waals surface area contributed by atoms with Crippen molar-refractivity contribution in [1.82, 2.24) is 5.32 Å². The van der Waals surface area contributed by atoms with Gasteiger partial charge in [0.25, 0.3) is 5.91 Å². The molecule has 0 aliphatic heterocycles. The van der Waals surface area contributed by atoms with Crippen LogP contribution >= 0.6 is 0 Å². The molecule has 0 spiro atoms. The molecule has 0 radical (unpaired) electrons. The van der Waals surface area contributed by atoms with Gasteiger partial charge in [-0.3, -0.25) is 4.79 Å². The van der Waals surface area contributed by atoms with Crippen molar-refractivity contribution in [3.05, 3.63) is 35.9 Å². The summed E-state index contributed by atoms with van der Waals surface area (Å²) in [6.45, 7) is 0.811. The Bertz CT molecular complexity index is 416. The second kappa shape index (κ2) is 6.55. The van der Waals surface area contributed by atoms with E-state index in [2.05, 4.69) is 5.32 Å². The van der Waals surface area contributed by atoms with Crippen molar-refractivity contribution in [3.8, 4) is 11.5 Å². The van der Waals surface area contributed by atoms with Gasteiger partial charge in [-0.25, -0.2) is 0 Å². The van der Waals surface area contributed by atoms with E-state index in [1.807, 2.05) is 0 Å². The van der Waals surface area contributed by atoms with E-state index in [0.29, 0.717) is 18.8 Å². The third-order valence-corrected chi connectivity index (χ3v) is 2.13. The summed E-state index contributed by atoms with van der Waals surface area (Å²) in [7, 11) is 1.49. The molecule has 1 amide bonds. The summed E-state index contributed by atoms with van der Waals surface area (Å²) in [5.41, 5.74) is 5.47. The largest absolute Gasteiger partial charge is 0.507 e. The number of nitrogens with one attached hydrogen (secondary N) is 1. The molecule has 0 saturated carbocycles. The Morgan fingerprint density at radius 1 is 1.53 bits per heavy atom. The van der Waals surface area contributed by atoms with Crippen molar-refractivity contribution >= 4 is 5.91 Å². The summed E-state index contributed by atoms with van der Waals surface area (Å²) in [4.78, 5) is 11.7. The van der Waals surface area contributed by atoms with Gasteiger partial charge in [0, 0.05) is 19.2 Å².